The lowest BCUT2D eigenvalue weighted by molar-refractivity contribution is -0.323. The van der Waals surface area contributed by atoms with Crippen LogP contribution in [0.25, 0.3) is 0 Å². The second kappa shape index (κ2) is 12.9. The Morgan fingerprint density at radius 3 is 1.88 bits per heavy atom. The molecule has 19 heteroatoms. The maximum Gasteiger partial charge on any atom is 0.428 e. The van der Waals surface area contributed by atoms with E-state index in [4.69, 9.17) is 9.47 Å². The van der Waals surface area contributed by atoms with Crippen molar-refractivity contribution in [2.45, 2.75) is 150 Å². The van der Waals surface area contributed by atoms with E-state index >= 15 is 8.78 Å². The van der Waals surface area contributed by atoms with Gasteiger partial charge in [-0.2, -0.15) is 43.5 Å². The monoisotopic (exact) mass is 856 g/mol. The maximum atomic E-state index is 16.1. The van der Waals surface area contributed by atoms with Crippen molar-refractivity contribution in [3.63, 3.8) is 0 Å². The van der Waals surface area contributed by atoms with E-state index in [0.29, 0.717) is 37.7 Å². The molecule has 1 aromatic carbocycles. The van der Waals surface area contributed by atoms with Crippen molar-refractivity contribution >= 4 is 10.1 Å². The highest BCUT2D eigenvalue weighted by Gasteiger charge is 2.80. The molecule has 7 nitrogen and oxygen atoms in total. The van der Waals surface area contributed by atoms with Gasteiger partial charge in [0, 0.05) is 29.6 Å². The molecule has 2 N–H and O–H groups in total. The third kappa shape index (κ3) is 6.34. The molecule has 1 spiro atoms. The van der Waals surface area contributed by atoms with Crippen molar-refractivity contribution in [3.05, 3.63) is 41.0 Å². The molecular weight excluding hydrogens is 809 g/mol. The molecule has 1 saturated heterocycles. The van der Waals surface area contributed by atoms with E-state index in [1.807, 2.05) is 13.8 Å². The minimum absolute atomic E-state index is 0.0178. The van der Waals surface area contributed by atoms with Gasteiger partial charge in [0.2, 0.25) is 5.67 Å². The number of alkyl halides is 11. The molecule has 1 aliphatic heterocycles. The summed E-state index contributed by atoms with van der Waals surface area (Å²) in [6.07, 6.45) is -11.8. The average Bonchev–Trinajstić information content (AvgIpc) is 3.35. The number of fused-ring (bicyclic) bond motifs is 4. The van der Waals surface area contributed by atoms with Crippen LogP contribution in [0.4, 0.5) is 48.3 Å². The Hall–Kier alpha value is -2.22. The molecule has 0 radical (unpaired) electrons. The van der Waals surface area contributed by atoms with Gasteiger partial charge in [-0.3, -0.25) is 0 Å². The highest BCUT2D eigenvalue weighted by atomic mass is 32.2. The molecule has 4 aliphatic carbocycles. The first-order chi connectivity index (χ1) is 25.6. The van der Waals surface area contributed by atoms with Crippen molar-refractivity contribution in [2.75, 3.05) is 13.2 Å². The van der Waals surface area contributed by atoms with Gasteiger partial charge in [-0.1, -0.05) is 38.5 Å². The average molecular weight is 857 g/mol. The second-order valence-corrected chi connectivity index (χ2v) is 20.1. The van der Waals surface area contributed by atoms with E-state index in [9.17, 15) is 58.1 Å². The number of benzene rings is 1. The molecular formula is C38H47F11O7S. The molecule has 1 aromatic rings. The minimum atomic E-state index is -6.40. The number of rotatable bonds is 7. The molecule has 9 atom stereocenters. The molecule has 1 heterocycles. The fourth-order valence-corrected chi connectivity index (χ4v) is 11.3. The van der Waals surface area contributed by atoms with Crippen molar-refractivity contribution in [1.29, 1.82) is 0 Å². The first kappa shape index (κ1) is 44.3. The first-order valence-corrected chi connectivity index (χ1v) is 20.0. The fraction of sp³-hybridized carbons (Fsp3) is 0.789. The Balaban J connectivity index is 1.41. The van der Waals surface area contributed by atoms with Crippen LogP contribution in [0.3, 0.4) is 0 Å². The van der Waals surface area contributed by atoms with E-state index in [2.05, 4.69) is 4.18 Å². The van der Waals surface area contributed by atoms with E-state index in [0.717, 1.165) is 24.3 Å². The molecule has 324 valence electrons. The van der Waals surface area contributed by atoms with Crippen molar-refractivity contribution in [3.8, 4) is 5.75 Å². The lowest BCUT2D eigenvalue weighted by atomic mass is 9.48. The van der Waals surface area contributed by atoms with Crippen LogP contribution in [0, 0.1) is 22.7 Å². The molecule has 6 rings (SSSR count). The Morgan fingerprint density at radius 1 is 0.789 bits per heavy atom. The number of hydrogen-bond acceptors (Lipinski definition) is 7. The van der Waals surface area contributed by atoms with Gasteiger partial charge in [-0.15, -0.1) is 0 Å². The summed E-state index contributed by atoms with van der Waals surface area (Å²) in [5.41, 5.74) is -14.8. The summed E-state index contributed by atoms with van der Waals surface area (Å²) in [7, 11) is -6.39. The number of allylic oxidation sites excluding steroid dienone is 1. The third-order valence-corrected chi connectivity index (χ3v) is 15.6. The van der Waals surface area contributed by atoms with Crippen molar-refractivity contribution in [2.24, 2.45) is 22.7 Å². The summed E-state index contributed by atoms with van der Waals surface area (Å²) in [6, 6.07) is 3.99. The lowest BCUT2D eigenvalue weighted by Crippen LogP contribution is -2.66. The smallest absolute Gasteiger partial charge is 0.386 e. The van der Waals surface area contributed by atoms with Gasteiger partial charge in [0.05, 0.1) is 18.8 Å². The summed E-state index contributed by atoms with van der Waals surface area (Å²) < 4.78 is 200. The third-order valence-electron chi connectivity index (χ3n) is 14.0. The van der Waals surface area contributed by atoms with Crippen LogP contribution in [0.15, 0.2) is 35.4 Å². The highest BCUT2D eigenvalue weighted by molar-refractivity contribution is 7.88. The summed E-state index contributed by atoms with van der Waals surface area (Å²) in [6.45, 7) is 5.09. The summed E-state index contributed by atoms with van der Waals surface area (Å²) in [4.78, 5) is 0. The Labute approximate surface area is 323 Å². The molecule has 3 saturated carbocycles. The Morgan fingerprint density at radius 2 is 1.35 bits per heavy atom. The number of ether oxygens (including phenoxy) is 2. The molecule has 5 unspecified atom stereocenters. The van der Waals surface area contributed by atoms with Gasteiger partial charge in [-0.05, 0) is 94.4 Å². The largest absolute Gasteiger partial charge is 0.428 e. The van der Waals surface area contributed by atoms with Crippen LogP contribution >= 0.6 is 0 Å². The lowest BCUT2D eigenvalue weighted by Gasteiger charge is -2.59. The van der Waals surface area contributed by atoms with E-state index < -0.39 is 111 Å². The van der Waals surface area contributed by atoms with Gasteiger partial charge >= 0.3 is 33.4 Å². The van der Waals surface area contributed by atoms with Crippen LogP contribution in [0.5, 0.6) is 5.75 Å². The second-order valence-electron chi connectivity index (χ2n) is 18.2. The minimum Gasteiger partial charge on any atom is -0.386 e. The van der Waals surface area contributed by atoms with E-state index in [1.54, 1.807) is 0 Å². The van der Waals surface area contributed by atoms with Crippen molar-refractivity contribution < 1.29 is 80.6 Å². The van der Waals surface area contributed by atoms with Crippen LogP contribution < -0.4 is 4.18 Å². The summed E-state index contributed by atoms with van der Waals surface area (Å²) >= 11 is 0. The Bertz CT molecular complexity index is 1880. The Kier molecular flexibility index (Phi) is 10.0. The van der Waals surface area contributed by atoms with Crippen LogP contribution in [-0.2, 0) is 19.6 Å². The van der Waals surface area contributed by atoms with Gasteiger partial charge in [0.25, 0.3) is 5.67 Å². The number of halogens is 11. The number of hydrogen-bond donors (Lipinski definition) is 2. The number of aliphatic hydroxyl groups is 2. The quantitative estimate of drug-likeness (QED) is 0.160. The predicted octanol–water partition coefficient (Wildman–Crippen LogP) is 9.32. The van der Waals surface area contributed by atoms with E-state index in [-0.39, 0.29) is 49.5 Å². The molecule has 4 fully saturated rings. The van der Waals surface area contributed by atoms with Crippen molar-refractivity contribution in [1.82, 2.24) is 0 Å². The van der Waals surface area contributed by atoms with Crippen LogP contribution in [0.1, 0.15) is 104 Å². The topological polar surface area (TPSA) is 102 Å². The van der Waals surface area contributed by atoms with E-state index in [1.165, 1.54) is 6.92 Å². The zero-order chi connectivity index (χ0) is 43.1. The molecule has 0 amide bonds. The van der Waals surface area contributed by atoms with Gasteiger partial charge < -0.3 is 23.9 Å². The first-order valence-electron chi connectivity index (χ1n) is 18.6. The van der Waals surface area contributed by atoms with Crippen LogP contribution in [-0.4, -0.2) is 83.4 Å². The maximum absolute atomic E-state index is 16.1. The van der Waals surface area contributed by atoms with Gasteiger partial charge in [0.1, 0.15) is 11.4 Å². The fourth-order valence-electron chi connectivity index (χ4n) is 10.3. The SMILES string of the molecule is CC1(C)COC2(CCC3=C4C(CC[C@@]3(O)C2)C2CC[C@@](O)(C(C)(F)C(F)(F)F)[C@@]2(C)C[C@@H]4c2ccc(OS(=O)(=O)C(C)(F)C(F)(F)C(C)(F)C(F)(F)F)cc2)OC1. The zero-order valence-electron chi connectivity index (χ0n) is 32.1. The van der Waals surface area contributed by atoms with Gasteiger partial charge in [0.15, 0.2) is 5.79 Å². The normalized spacial score (nSPS) is 36.3. The van der Waals surface area contributed by atoms with Gasteiger partial charge in [-0.25, -0.2) is 13.2 Å². The molecule has 5 aliphatic rings. The van der Waals surface area contributed by atoms with Crippen LogP contribution in [0.2, 0.25) is 0 Å². The zero-order valence-corrected chi connectivity index (χ0v) is 32.9. The summed E-state index contributed by atoms with van der Waals surface area (Å²) in [5, 5.41) is 19.0. The predicted molar refractivity (Wildman–Crippen MR) is 182 cm³/mol. The summed E-state index contributed by atoms with van der Waals surface area (Å²) in [5.74, 6) is -10.4. The molecule has 57 heavy (non-hydrogen) atoms. The molecule has 0 bridgehead atoms. The highest BCUT2D eigenvalue weighted by Crippen LogP contribution is 2.71. The molecule has 0 aromatic heterocycles. The standard InChI is InChI=1S/C38H47F11O7S/c1-28(2)19-54-34(55-20-28)15-12-26-27-23(11-14-33(26,50)18-34)25-13-16-35(51,30(4,39)37(44,45)46)29(25,3)17-24(27)21-7-9-22(10-8-21)56-57(52,53)32(6,41)36(42,43)31(5,40)38(47,48)49/h7-10,23-25,50-51H,11-20H2,1-6H3/t23?,24-,25?,29+,30?,31?,32?,33-,35+/m1/s1.